The fourth-order valence-corrected chi connectivity index (χ4v) is 10.2. The van der Waals surface area contributed by atoms with Crippen molar-refractivity contribution in [2.45, 2.75) is 63.5 Å². The van der Waals surface area contributed by atoms with Crippen molar-refractivity contribution in [3.63, 3.8) is 0 Å². The van der Waals surface area contributed by atoms with E-state index in [4.69, 9.17) is 0 Å². The highest BCUT2D eigenvalue weighted by molar-refractivity contribution is 5.41. The molecule has 6 saturated carbocycles. The second-order valence-corrected chi connectivity index (χ2v) is 11.1. The van der Waals surface area contributed by atoms with Gasteiger partial charge in [-0.25, -0.2) is 23.5 Å². The largest absolute Gasteiger partial charge is 0.347 e. The van der Waals surface area contributed by atoms with Crippen molar-refractivity contribution in [3.8, 4) is 0 Å². The smallest absolute Gasteiger partial charge is 0.246 e. The molecule has 6 aliphatic carbocycles. The van der Waals surface area contributed by atoms with Gasteiger partial charge in [-0.1, -0.05) is 0 Å². The fourth-order valence-electron chi connectivity index (χ4n) is 10.2. The molecule has 6 fully saturated rings. The van der Waals surface area contributed by atoms with Crippen molar-refractivity contribution in [2.75, 3.05) is 0 Å². The van der Waals surface area contributed by atoms with Gasteiger partial charge in [-0.15, -0.1) is 0 Å². The number of rotatable bonds is 0. The van der Waals surface area contributed by atoms with Crippen LogP contribution in [0.1, 0.15) is 63.5 Å². The molecule has 0 aromatic carbocycles. The zero-order valence-electron chi connectivity index (χ0n) is 16.6. The molecule has 148 valence electrons. The lowest BCUT2D eigenvalue weighted by Gasteiger charge is -2.36. The number of hydrogen-bond donors (Lipinski definition) is 0. The molecule has 7 aliphatic rings. The van der Waals surface area contributed by atoms with Crippen LogP contribution in [0.5, 0.6) is 0 Å². The maximum atomic E-state index is 13.3. The average molecular weight is 380 g/mol. The Kier molecular flexibility index (Phi) is 2.53. The van der Waals surface area contributed by atoms with Crippen LogP contribution in [0.25, 0.3) is 0 Å². The van der Waals surface area contributed by atoms with Crippen LogP contribution in [0.2, 0.25) is 0 Å². The number of nitrogens with zero attached hydrogens (tertiary/aromatic N) is 3. The zero-order valence-corrected chi connectivity index (χ0v) is 16.6. The van der Waals surface area contributed by atoms with Crippen LogP contribution in [-0.2, 0) is 7.05 Å². The van der Waals surface area contributed by atoms with Gasteiger partial charge in [0.25, 0.3) is 0 Å². The topological polar surface area (TPSA) is 48.9 Å². The summed E-state index contributed by atoms with van der Waals surface area (Å²) in [7, 11) is 1.70. The van der Waals surface area contributed by atoms with Crippen LogP contribution >= 0.6 is 0 Å². The van der Waals surface area contributed by atoms with Gasteiger partial charge in [0.2, 0.25) is 0 Å². The van der Waals surface area contributed by atoms with Crippen LogP contribution in [-0.4, -0.2) is 13.9 Å². The van der Waals surface area contributed by atoms with Crippen LogP contribution in [0.4, 0.5) is 0 Å². The molecule has 1 aromatic rings. The van der Waals surface area contributed by atoms with Crippen molar-refractivity contribution < 1.29 is 0 Å². The highest BCUT2D eigenvalue weighted by Gasteiger charge is 2.65. The highest BCUT2D eigenvalue weighted by Crippen LogP contribution is 2.71. The lowest BCUT2D eigenvalue weighted by atomic mass is 9.83. The number of fused-ring (bicyclic) bond motifs is 9. The summed E-state index contributed by atoms with van der Waals surface area (Å²) >= 11 is 0. The molecule has 1 aromatic heterocycles. The normalized spacial score (nSPS) is 51.5. The van der Waals surface area contributed by atoms with Crippen LogP contribution < -0.4 is 11.4 Å². The lowest BCUT2D eigenvalue weighted by molar-refractivity contribution is 0.225. The van der Waals surface area contributed by atoms with Crippen LogP contribution in [0, 0.1) is 47.3 Å². The summed E-state index contributed by atoms with van der Waals surface area (Å²) in [4.78, 5) is 26.6. The summed E-state index contributed by atoms with van der Waals surface area (Å²) in [6.07, 6.45) is 10.7. The third-order valence-electron chi connectivity index (χ3n) is 10.8. The summed E-state index contributed by atoms with van der Waals surface area (Å²) in [6.45, 7) is 0. The van der Waals surface area contributed by atoms with Gasteiger partial charge in [0.15, 0.2) is 0 Å². The van der Waals surface area contributed by atoms with E-state index < -0.39 is 0 Å². The van der Waals surface area contributed by atoms with Crippen molar-refractivity contribution in [2.24, 2.45) is 54.4 Å². The Morgan fingerprint density at radius 3 is 1.54 bits per heavy atom. The Bertz CT molecular complexity index is 991. The summed E-state index contributed by atoms with van der Waals surface area (Å²) in [5.41, 5.74) is 3.27. The maximum absolute atomic E-state index is 13.3. The van der Waals surface area contributed by atoms with E-state index >= 15 is 0 Å². The first-order valence-corrected chi connectivity index (χ1v) is 11.8. The minimum atomic E-state index is -0.0541. The van der Waals surface area contributed by atoms with Crippen LogP contribution in [0.3, 0.4) is 0 Å². The molecule has 0 radical (unpaired) electrons. The van der Waals surface area contributed by atoms with Crippen molar-refractivity contribution >= 4 is 0 Å². The van der Waals surface area contributed by atoms with Gasteiger partial charge in [0, 0.05) is 7.05 Å². The Balaban J connectivity index is 1.47. The molecule has 28 heavy (non-hydrogen) atoms. The van der Waals surface area contributed by atoms with E-state index in [1.165, 1.54) is 55.9 Å². The highest BCUT2D eigenvalue weighted by atomic mass is 16.2. The molecule has 10 atom stereocenters. The van der Waals surface area contributed by atoms with E-state index in [9.17, 15) is 9.59 Å². The summed E-state index contributed by atoms with van der Waals surface area (Å²) in [5.74, 6) is 5.98. The molecule has 8 rings (SSSR count). The first kappa shape index (κ1) is 15.3. The molecule has 0 spiro atoms. The van der Waals surface area contributed by atoms with E-state index in [2.05, 4.69) is 0 Å². The third-order valence-corrected chi connectivity index (χ3v) is 10.8. The average Bonchev–Trinajstić information content (AvgIpc) is 3.46. The van der Waals surface area contributed by atoms with E-state index in [1.54, 1.807) is 18.2 Å². The Labute approximate surface area is 164 Å². The van der Waals surface area contributed by atoms with Crippen molar-refractivity contribution in [3.05, 3.63) is 32.1 Å². The molecule has 5 nitrogen and oxygen atoms in total. The fraction of sp³-hybridized carbons (Fsp3) is 0.826. The van der Waals surface area contributed by atoms with E-state index in [-0.39, 0.29) is 23.5 Å². The molecular weight excluding hydrogens is 350 g/mol. The molecule has 1 aliphatic heterocycles. The minimum absolute atomic E-state index is 0.0541. The predicted molar refractivity (Wildman–Crippen MR) is 104 cm³/mol. The first-order valence-electron chi connectivity index (χ1n) is 11.8. The SMILES string of the molecule is Cn1c(=O)n2n(c1=O)[C@@H]1C(=C3[C@@H]2[C@@H]2CC[C@@H]4CC[C@@H]3[C@@H]42)[C@@H]2CC[C@@H]3CC[C@H]1[C@@H]32. The monoisotopic (exact) mass is 379 g/mol. The number of aromatic nitrogens is 3. The van der Waals surface area contributed by atoms with Crippen molar-refractivity contribution in [1.82, 2.24) is 13.9 Å². The van der Waals surface area contributed by atoms with Gasteiger partial charge in [-0.3, -0.25) is 0 Å². The first-order chi connectivity index (χ1) is 13.7. The number of allylic oxidation sites excluding steroid dienone is 2. The Morgan fingerprint density at radius 1 is 0.643 bits per heavy atom. The summed E-state index contributed by atoms with van der Waals surface area (Å²) in [5, 5.41) is 0. The molecular formula is C23H29N3O2. The zero-order chi connectivity index (χ0) is 18.5. The molecule has 0 bridgehead atoms. The maximum Gasteiger partial charge on any atom is 0.347 e. The quantitative estimate of drug-likeness (QED) is 0.651. The van der Waals surface area contributed by atoms with Gasteiger partial charge in [0.1, 0.15) is 0 Å². The summed E-state index contributed by atoms with van der Waals surface area (Å²) in [6, 6.07) is 0.400. The van der Waals surface area contributed by atoms with Gasteiger partial charge in [0.05, 0.1) is 12.1 Å². The third kappa shape index (κ3) is 1.39. The Morgan fingerprint density at radius 2 is 1.07 bits per heavy atom. The van der Waals surface area contributed by atoms with E-state index in [0.717, 1.165) is 23.7 Å². The standard InChI is InChI=1S/C23H29N3O2/c1-24-22(27)25-20-14-8-4-10-2-6-12(16(10)14)18(20)19-13-7-3-11-5-9-15(17(11)13)21(19)26(25)23(24)28/h10-17,20-21H,2-9H2,1H3/t10-,11+,12-,13-,14+,15-,16+,17-,20+,21+/m1/s1. The van der Waals surface area contributed by atoms with E-state index in [1.807, 2.05) is 9.36 Å². The minimum Gasteiger partial charge on any atom is -0.246 e. The lowest BCUT2D eigenvalue weighted by Crippen LogP contribution is -2.41. The van der Waals surface area contributed by atoms with Gasteiger partial charge in [-0.05, 0) is 110 Å². The van der Waals surface area contributed by atoms with Gasteiger partial charge in [-0.2, -0.15) is 0 Å². The van der Waals surface area contributed by atoms with Crippen LogP contribution in [0.15, 0.2) is 20.7 Å². The molecule has 0 N–H and O–H groups in total. The molecule has 2 heterocycles. The Hall–Kier alpha value is -1.52. The van der Waals surface area contributed by atoms with Crippen molar-refractivity contribution in [1.29, 1.82) is 0 Å². The summed E-state index contributed by atoms with van der Waals surface area (Å²) < 4.78 is 5.39. The molecule has 5 heteroatoms. The second kappa shape index (κ2) is 4.62. The number of hydrogen-bond acceptors (Lipinski definition) is 2. The van der Waals surface area contributed by atoms with Gasteiger partial charge < -0.3 is 0 Å². The molecule has 0 unspecified atom stereocenters. The predicted octanol–water partition coefficient (Wildman–Crippen LogP) is 2.87. The second-order valence-electron chi connectivity index (χ2n) is 11.1. The van der Waals surface area contributed by atoms with Gasteiger partial charge >= 0.3 is 11.4 Å². The van der Waals surface area contributed by atoms with E-state index in [0.29, 0.717) is 23.7 Å². The molecule has 0 amide bonds. The molecule has 0 saturated heterocycles.